The van der Waals surface area contributed by atoms with E-state index in [4.69, 9.17) is 5.73 Å². The van der Waals surface area contributed by atoms with Crippen LogP contribution in [0.1, 0.15) is 0 Å². The Hall–Kier alpha value is -0.590. The monoisotopic (exact) mass is 245 g/mol. The molecule has 0 aliphatic rings. The molecule has 2 aromatic carbocycles. The molecule has 0 heterocycles. The van der Waals surface area contributed by atoms with Crippen LogP contribution in [0.4, 0.5) is 5.69 Å². The Morgan fingerprint density at radius 1 is 1.06 bits per heavy atom. The van der Waals surface area contributed by atoms with E-state index >= 15 is 0 Å². The Kier molecular flexibility index (Phi) is 3.98. The molecule has 16 heavy (non-hydrogen) atoms. The Labute approximate surface area is 115 Å². The molecule has 2 aromatic rings. The van der Waals surface area contributed by atoms with Crippen molar-refractivity contribution in [1.29, 1.82) is 0 Å². The second kappa shape index (κ2) is 4.73. The van der Waals surface area contributed by atoms with Crippen molar-refractivity contribution >= 4 is 26.6 Å². The van der Waals surface area contributed by atoms with E-state index in [1.807, 2.05) is 6.07 Å². The Morgan fingerprint density at radius 3 is 2.31 bits per heavy atom. The van der Waals surface area contributed by atoms with Crippen molar-refractivity contribution in [2.45, 2.75) is 4.90 Å². The first-order chi connectivity index (χ1) is 7.00. The molecule has 0 radical (unpaired) electrons. The molecule has 0 saturated heterocycles. The van der Waals surface area contributed by atoms with Crippen LogP contribution in [-0.2, 0) is 10.1 Å². The van der Waals surface area contributed by atoms with Crippen LogP contribution in [0.3, 0.4) is 0 Å². The summed E-state index contributed by atoms with van der Waals surface area (Å²) >= 11 is 0. The molecule has 6 heteroatoms. The second-order valence-electron chi connectivity index (χ2n) is 3.15. The van der Waals surface area contributed by atoms with Gasteiger partial charge < -0.3 is 10.3 Å². The van der Waals surface area contributed by atoms with Gasteiger partial charge in [-0.2, -0.15) is 0 Å². The average molecular weight is 245 g/mol. The molecule has 0 fully saturated rings. The van der Waals surface area contributed by atoms with Crippen molar-refractivity contribution in [1.82, 2.24) is 0 Å². The van der Waals surface area contributed by atoms with Gasteiger partial charge in [0.1, 0.15) is 10.1 Å². The number of nitrogens with two attached hydrogens (primary N) is 1. The zero-order valence-corrected chi connectivity index (χ0v) is 11.5. The van der Waals surface area contributed by atoms with Gasteiger partial charge in [0, 0.05) is 5.39 Å². The predicted octanol–water partition coefficient (Wildman–Crippen LogP) is -1.67. The third kappa shape index (κ3) is 2.39. The molecule has 4 nitrogen and oxygen atoms in total. The number of hydrogen-bond acceptors (Lipinski definition) is 4. The van der Waals surface area contributed by atoms with Crippen LogP contribution in [0, 0.1) is 0 Å². The van der Waals surface area contributed by atoms with Gasteiger partial charge in [-0.05, 0) is 11.5 Å². The van der Waals surface area contributed by atoms with Crippen LogP contribution < -0.4 is 35.3 Å². The van der Waals surface area contributed by atoms with Crippen LogP contribution in [0.25, 0.3) is 10.8 Å². The first-order valence-electron chi connectivity index (χ1n) is 4.23. The summed E-state index contributed by atoms with van der Waals surface area (Å²) in [6.45, 7) is 0. The molecule has 78 valence electrons. The molecule has 0 atom stereocenters. The zero-order valence-electron chi connectivity index (χ0n) is 8.67. The smallest absolute Gasteiger partial charge is 0.744 e. The number of benzene rings is 2. The maximum atomic E-state index is 10.9. The zero-order chi connectivity index (χ0) is 11.1. The van der Waals surface area contributed by atoms with E-state index in [-0.39, 0.29) is 40.1 Å². The van der Waals surface area contributed by atoms with Gasteiger partial charge >= 0.3 is 29.6 Å². The SMILES string of the molecule is Nc1c(S(=O)(=O)[O-])ccc2ccccc12.[Na+]. The minimum atomic E-state index is -4.50. The van der Waals surface area contributed by atoms with Gasteiger partial charge in [0.2, 0.25) is 0 Å². The number of anilines is 1. The van der Waals surface area contributed by atoms with Crippen molar-refractivity contribution in [3.05, 3.63) is 36.4 Å². The minimum absolute atomic E-state index is 0. The standard InChI is InChI=1S/C10H9NO3S.Na/c11-10-8-4-2-1-3-7(8)5-6-9(10)15(12,13)14;/h1-6H,11H2,(H,12,13,14);/q;+1/p-1. The van der Waals surface area contributed by atoms with Gasteiger partial charge in [-0.15, -0.1) is 0 Å². The summed E-state index contributed by atoms with van der Waals surface area (Å²) in [7, 11) is -4.50. The van der Waals surface area contributed by atoms with E-state index in [0.29, 0.717) is 5.39 Å². The van der Waals surface area contributed by atoms with Gasteiger partial charge in [-0.25, -0.2) is 8.42 Å². The largest absolute Gasteiger partial charge is 1.00 e. The fourth-order valence-electron chi connectivity index (χ4n) is 1.49. The molecule has 0 amide bonds. The molecule has 2 N–H and O–H groups in total. The first-order valence-corrected chi connectivity index (χ1v) is 5.64. The van der Waals surface area contributed by atoms with Gasteiger partial charge in [-0.3, -0.25) is 0 Å². The number of fused-ring (bicyclic) bond motifs is 1. The van der Waals surface area contributed by atoms with Crippen LogP contribution in [0.2, 0.25) is 0 Å². The second-order valence-corrected chi connectivity index (χ2v) is 4.50. The van der Waals surface area contributed by atoms with E-state index in [1.54, 1.807) is 24.3 Å². The molecular formula is C10H8NNaO3S. The normalized spacial score (nSPS) is 11.1. The fourth-order valence-corrected chi connectivity index (χ4v) is 2.11. The van der Waals surface area contributed by atoms with Crippen LogP contribution in [-0.4, -0.2) is 13.0 Å². The number of hydrogen-bond donors (Lipinski definition) is 1. The van der Waals surface area contributed by atoms with Crippen molar-refractivity contribution in [3.63, 3.8) is 0 Å². The van der Waals surface area contributed by atoms with Crippen molar-refractivity contribution < 1.29 is 42.5 Å². The maximum Gasteiger partial charge on any atom is 1.00 e. The topological polar surface area (TPSA) is 83.2 Å². The van der Waals surface area contributed by atoms with Gasteiger partial charge in [0.15, 0.2) is 0 Å². The molecule has 0 aliphatic carbocycles. The van der Waals surface area contributed by atoms with E-state index < -0.39 is 10.1 Å². The molecule has 0 unspecified atom stereocenters. The summed E-state index contributed by atoms with van der Waals surface area (Å²) in [6.07, 6.45) is 0. The Morgan fingerprint density at radius 2 is 1.69 bits per heavy atom. The van der Waals surface area contributed by atoms with Gasteiger partial charge in [-0.1, -0.05) is 30.3 Å². The summed E-state index contributed by atoms with van der Waals surface area (Å²) in [5, 5.41) is 1.39. The third-order valence-corrected chi connectivity index (χ3v) is 3.09. The first kappa shape index (κ1) is 13.5. The van der Waals surface area contributed by atoms with Crippen molar-refractivity contribution in [3.8, 4) is 0 Å². The van der Waals surface area contributed by atoms with E-state index in [1.165, 1.54) is 6.07 Å². The molecule has 2 rings (SSSR count). The van der Waals surface area contributed by atoms with E-state index in [0.717, 1.165) is 5.39 Å². The van der Waals surface area contributed by atoms with Gasteiger partial charge in [0.25, 0.3) is 0 Å². The van der Waals surface area contributed by atoms with Crippen molar-refractivity contribution in [2.75, 3.05) is 5.73 Å². The molecule has 0 spiro atoms. The Balaban J connectivity index is 0.00000128. The summed E-state index contributed by atoms with van der Waals surface area (Å²) in [5.74, 6) is 0. The minimum Gasteiger partial charge on any atom is -0.744 e. The quantitative estimate of drug-likeness (QED) is 0.370. The molecular weight excluding hydrogens is 237 g/mol. The van der Waals surface area contributed by atoms with Crippen molar-refractivity contribution in [2.24, 2.45) is 0 Å². The summed E-state index contributed by atoms with van der Waals surface area (Å²) in [4.78, 5) is -0.360. The maximum absolute atomic E-state index is 10.9. The van der Waals surface area contributed by atoms with Crippen LogP contribution in [0.15, 0.2) is 41.3 Å². The summed E-state index contributed by atoms with van der Waals surface area (Å²) < 4.78 is 32.6. The van der Waals surface area contributed by atoms with Crippen LogP contribution in [0.5, 0.6) is 0 Å². The summed E-state index contributed by atoms with van der Waals surface area (Å²) in [6, 6.07) is 9.83. The Bertz CT molecular complexity index is 625. The molecule has 0 saturated carbocycles. The molecule has 0 aromatic heterocycles. The third-order valence-electron chi connectivity index (χ3n) is 2.20. The molecule has 0 aliphatic heterocycles. The summed E-state index contributed by atoms with van der Waals surface area (Å²) in [5.41, 5.74) is 5.64. The van der Waals surface area contributed by atoms with E-state index in [2.05, 4.69) is 0 Å². The number of rotatable bonds is 1. The van der Waals surface area contributed by atoms with Crippen LogP contribution >= 0.6 is 0 Å². The fraction of sp³-hybridized carbons (Fsp3) is 0. The van der Waals surface area contributed by atoms with Gasteiger partial charge in [0.05, 0.1) is 10.6 Å². The van der Waals surface area contributed by atoms with E-state index in [9.17, 15) is 13.0 Å². The average Bonchev–Trinajstić information content (AvgIpc) is 2.16. The predicted molar refractivity (Wildman–Crippen MR) is 56.3 cm³/mol. The number of nitrogen functional groups attached to an aromatic ring is 1. The molecule has 0 bridgehead atoms.